The van der Waals surface area contributed by atoms with Crippen LogP contribution < -0.4 is 0 Å². The van der Waals surface area contributed by atoms with Crippen LogP contribution >= 0.6 is 0 Å². The molecule has 1 rings (SSSR count). The summed E-state index contributed by atoms with van der Waals surface area (Å²) in [5.41, 5.74) is -0.669. The van der Waals surface area contributed by atoms with Gasteiger partial charge in [-0.2, -0.15) is 0 Å². The van der Waals surface area contributed by atoms with Gasteiger partial charge < -0.3 is 14.5 Å². The molecule has 1 aliphatic rings. The smallest absolute Gasteiger partial charge is 0.309 e. The molecule has 1 saturated heterocycles. The largest absolute Gasteiger partial charge is 0.466 e. The number of esters is 1. The van der Waals surface area contributed by atoms with E-state index in [4.69, 9.17) is 4.74 Å². The molecule has 0 unspecified atom stereocenters. The van der Waals surface area contributed by atoms with Crippen LogP contribution in [-0.4, -0.2) is 82.4 Å². The minimum absolute atomic E-state index is 0.00457. The Balaban J connectivity index is 2.88. The van der Waals surface area contributed by atoms with Crippen molar-refractivity contribution in [2.45, 2.75) is 132 Å². The summed E-state index contributed by atoms with van der Waals surface area (Å²) in [4.78, 5) is 44.2. The number of likely N-dealkylation sites (tertiary alicyclic amines) is 1. The SMILES string of the molecule is CCCC(=O)N(CCC(C)(C)C(C)(C)N(CCC(C)(C)N1CCC(C(=O)OCC)CC1)C(C)=O)C(C)C. The molecule has 37 heavy (non-hydrogen) atoms. The van der Waals surface area contributed by atoms with Crippen molar-refractivity contribution in [2.24, 2.45) is 11.3 Å². The van der Waals surface area contributed by atoms with Crippen LogP contribution in [0.2, 0.25) is 0 Å². The second kappa shape index (κ2) is 14.0. The summed E-state index contributed by atoms with van der Waals surface area (Å²) < 4.78 is 5.23. The van der Waals surface area contributed by atoms with E-state index in [2.05, 4.69) is 60.3 Å². The summed E-state index contributed by atoms with van der Waals surface area (Å²) in [5, 5.41) is 0. The van der Waals surface area contributed by atoms with Crippen LogP contribution in [0.1, 0.15) is 115 Å². The molecule has 0 aromatic carbocycles. The van der Waals surface area contributed by atoms with Crippen molar-refractivity contribution in [1.82, 2.24) is 14.7 Å². The molecular formula is C30H57N3O4. The summed E-state index contributed by atoms with van der Waals surface area (Å²) in [7, 11) is 0. The lowest BCUT2D eigenvalue weighted by molar-refractivity contribution is -0.150. The Hall–Kier alpha value is -1.63. The summed E-state index contributed by atoms with van der Waals surface area (Å²) in [6.07, 6.45) is 4.74. The number of hydrogen-bond donors (Lipinski definition) is 0. The van der Waals surface area contributed by atoms with Gasteiger partial charge in [0.1, 0.15) is 0 Å². The molecule has 1 fully saturated rings. The van der Waals surface area contributed by atoms with Gasteiger partial charge in [0.15, 0.2) is 0 Å². The molecule has 1 heterocycles. The van der Waals surface area contributed by atoms with Crippen LogP contribution in [0.3, 0.4) is 0 Å². The van der Waals surface area contributed by atoms with Crippen molar-refractivity contribution >= 4 is 17.8 Å². The summed E-state index contributed by atoms with van der Waals surface area (Å²) >= 11 is 0. The number of carbonyl (C=O) groups is 3. The van der Waals surface area contributed by atoms with E-state index in [0.29, 0.717) is 26.1 Å². The van der Waals surface area contributed by atoms with Gasteiger partial charge in [-0.3, -0.25) is 19.3 Å². The number of piperidine rings is 1. The second-order valence-electron chi connectivity index (χ2n) is 12.9. The number of nitrogens with zero attached hydrogens (tertiary/aromatic N) is 3. The molecule has 0 radical (unpaired) electrons. The lowest BCUT2D eigenvalue weighted by Gasteiger charge is -2.51. The van der Waals surface area contributed by atoms with Gasteiger partial charge in [0, 0.05) is 43.6 Å². The minimum Gasteiger partial charge on any atom is -0.466 e. The van der Waals surface area contributed by atoms with Gasteiger partial charge in [0.25, 0.3) is 0 Å². The Labute approximate surface area is 227 Å². The van der Waals surface area contributed by atoms with Crippen molar-refractivity contribution < 1.29 is 19.1 Å². The third-order valence-corrected chi connectivity index (χ3v) is 9.01. The fraction of sp³-hybridized carbons (Fsp3) is 0.900. The van der Waals surface area contributed by atoms with Gasteiger partial charge in [0.05, 0.1) is 12.5 Å². The Morgan fingerprint density at radius 3 is 1.97 bits per heavy atom. The van der Waals surface area contributed by atoms with E-state index >= 15 is 0 Å². The number of ether oxygens (including phenoxy) is 1. The summed E-state index contributed by atoms with van der Waals surface area (Å²) in [6, 6.07) is 0.163. The molecule has 0 spiro atoms. The van der Waals surface area contributed by atoms with Crippen LogP contribution in [0.4, 0.5) is 0 Å². The standard InChI is InChI=1S/C30H57N3O4/c1-12-14-26(35)32(23(3)4)21-17-28(6,7)30(10,11)33(24(5)34)22-18-29(8,9)31-19-15-25(16-20-31)27(36)37-13-2/h23,25H,12-22H2,1-11H3. The van der Waals surface area contributed by atoms with Gasteiger partial charge in [-0.15, -0.1) is 0 Å². The van der Waals surface area contributed by atoms with E-state index in [1.807, 2.05) is 23.6 Å². The first-order valence-corrected chi connectivity index (χ1v) is 14.5. The van der Waals surface area contributed by atoms with Crippen molar-refractivity contribution in [3.05, 3.63) is 0 Å². The topological polar surface area (TPSA) is 70.2 Å². The highest BCUT2D eigenvalue weighted by molar-refractivity contribution is 5.76. The zero-order chi connectivity index (χ0) is 28.6. The van der Waals surface area contributed by atoms with Crippen molar-refractivity contribution in [1.29, 1.82) is 0 Å². The summed E-state index contributed by atoms with van der Waals surface area (Å²) in [5.74, 6) is 0.217. The highest BCUT2D eigenvalue weighted by Crippen LogP contribution is 2.40. The van der Waals surface area contributed by atoms with Crippen molar-refractivity contribution in [2.75, 3.05) is 32.8 Å². The molecule has 0 saturated carbocycles. The average molecular weight is 524 g/mol. The first-order chi connectivity index (χ1) is 17.0. The molecule has 0 N–H and O–H groups in total. The first-order valence-electron chi connectivity index (χ1n) is 14.5. The second-order valence-corrected chi connectivity index (χ2v) is 12.9. The quantitative estimate of drug-likeness (QED) is 0.281. The third-order valence-electron chi connectivity index (χ3n) is 9.01. The molecule has 7 heteroatoms. The van der Waals surface area contributed by atoms with E-state index in [0.717, 1.165) is 45.2 Å². The van der Waals surface area contributed by atoms with Crippen molar-refractivity contribution in [3.63, 3.8) is 0 Å². The molecule has 0 aliphatic carbocycles. The highest BCUT2D eigenvalue weighted by atomic mass is 16.5. The Morgan fingerprint density at radius 2 is 1.51 bits per heavy atom. The Bertz CT molecular complexity index is 752. The van der Waals surface area contributed by atoms with E-state index < -0.39 is 0 Å². The molecule has 1 aliphatic heterocycles. The molecule has 216 valence electrons. The first kappa shape index (κ1) is 33.4. The Morgan fingerprint density at radius 1 is 0.946 bits per heavy atom. The fourth-order valence-electron chi connectivity index (χ4n) is 5.45. The lowest BCUT2D eigenvalue weighted by atomic mass is 9.70. The monoisotopic (exact) mass is 523 g/mol. The Kier molecular flexibility index (Phi) is 12.6. The molecule has 7 nitrogen and oxygen atoms in total. The van der Waals surface area contributed by atoms with Gasteiger partial charge in [-0.25, -0.2) is 0 Å². The maximum absolute atomic E-state index is 12.9. The van der Waals surface area contributed by atoms with E-state index in [1.54, 1.807) is 6.92 Å². The zero-order valence-electron chi connectivity index (χ0n) is 25.9. The van der Waals surface area contributed by atoms with Crippen molar-refractivity contribution in [3.8, 4) is 0 Å². The molecule has 0 bridgehead atoms. The van der Waals surface area contributed by atoms with Gasteiger partial charge in [-0.05, 0) is 99.1 Å². The molecule has 0 atom stereocenters. The maximum atomic E-state index is 12.9. The van der Waals surface area contributed by atoms with Crippen LogP contribution in [0.25, 0.3) is 0 Å². The van der Waals surface area contributed by atoms with Crippen LogP contribution in [0.15, 0.2) is 0 Å². The molecule has 2 amide bonds. The maximum Gasteiger partial charge on any atom is 0.309 e. The molecule has 0 aromatic rings. The number of rotatable bonds is 14. The third kappa shape index (κ3) is 8.97. The average Bonchev–Trinajstić information content (AvgIpc) is 2.78. The fourth-order valence-corrected chi connectivity index (χ4v) is 5.45. The summed E-state index contributed by atoms with van der Waals surface area (Å²) in [6.45, 7) is 26.5. The normalized spacial score (nSPS) is 16.1. The molecule has 0 aromatic heterocycles. The number of carbonyl (C=O) groups excluding carboxylic acids is 3. The predicted octanol–water partition coefficient (Wildman–Crippen LogP) is 5.51. The highest BCUT2D eigenvalue weighted by Gasteiger charge is 2.44. The molecular weight excluding hydrogens is 466 g/mol. The van der Waals surface area contributed by atoms with Gasteiger partial charge in [0.2, 0.25) is 11.8 Å². The van der Waals surface area contributed by atoms with Crippen LogP contribution in [-0.2, 0) is 19.1 Å². The minimum atomic E-state index is -0.387. The number of hydrogen-bond acceptors (Lipinski definition) is 5. The van der Waals surface area contributed by atoms with Crippen LogP contribution in [0.5, 0.6) is 0 Å². The van der Waals surface area contributed by atoms with E-state index in [1.165, 1.54) is 0 Å². The van der Waals surface area contributed by atoms with Gasteiger partial charge >= 0.3 is 5.97 Å². The lowest BCUT2D eigenvalue weighted by Crippen LogP contribution is -2.58. The zero-order valence-corrected chi connectivity index (χ0v) is 25.9. The number of amides is 2. The van der Waals surface area contributed by atoms with Gasteiger partial charge in [-0.1, -0.05) is 20.8 Å². The van der Waals surface area contributed by atoms with E-state index in [-0.39, 0.29) is 46.2 Å². The van der Waals surface area contributed by atoms with E-state index in [9.17, 15) is 14.4 Å². The predicted molar refractivity (Wildman–Crippen MR) is 151 cm³/mol. The van der Waals surface area contributed by atoms with Crippen LogP contribution in [0, 0.1) is 11.3 Å².